The fraction of sp³-hybridized carbons (Fsp3) is 0.286. The van der Waals surface area contributed by atoms with Gasteiger partial charge in [0.25, 0.3) is 5.56 Å². The Morgan fingerprint density at radius 2 is 2.27 bits per heavy atom. The average Bonchev–Trinajstić information content (AvgIpc) is 2.47. The van der Waals surface area contributed by atoms with Gasteiger partial charge in [-0.15, -0.1) is 0 Å². The molecule has 116 valence electrons. The Hall–Kier alpha value is -1.67. The molecule has 2 heterocycles. The van der Waals surface area contributed by atoms with Gasteiger partial charge in [-0.25, -0.2) is 9.97 Å². The molecular weight excluding hydrogens is 368 g/mol. The molecule has 0 aliphatic rings. The lowest BCUT2D eigenvalue weighted by Gasteiger charge is -2.05. The molecule has 0 aromatic carbocycles. The molecule has 2 rings (SSSR count). The zero-order chi connectivity index (χ0) is 15.9. The summed E-state index contributed by atoms with van der Waals surface area (Å²) in [5, 5.41) is 3.14. The molecule has 22 heavy (non-hydrogen) atoms. The largest absolute Gasteiger partial charge is 0.310 e. The Bertz CT molecular complexity index is 703. The summed E-state index contributed by atoms with van der Waals surface area (Å²) in [6.45, 7) is 2.02. The minimum atomic E-state index is -0.205. The van der Waals surface area contributed by atoms with Gasteiger partial charge in [-0.2, -0.15) is 0 Å². The van der Waals surface area contributed by atoms with Crippen molar-refractivity contribution in [3.63, 3.8) is 0 Å². The Morgan fingerprint density at radius 3 is 2.95 bits per heavy atom. The number of amides is 1. The zero-order valence-corrected chi connectivity index (χ0v) is 14.3. The summed E-state index contributed by atoms with van der Waals surface area (Å²) < 4.78 is 0.842. The molecule has 0 saturated carbocycles. The summed E-state index contributed by atoms with van der Waals surface area (Å²) >= 11 is 4.47. The number of H-pyrrole nitrogens is 1. The number of thioether (sulfide) groups is 1. The van der Waals surface area contributed by atoms with Gasteiger partial charge < -0.3 is 10.3 Å². The highest BCUT2D eigenvalue weighted by atomic mass is 79.9. The van der Waals surface area contributed by atoms with Crippen molar-refractivity contribution in [2.24, 2.45) is 0 Å². The number of carbonyl (C=O) groups excluding carboxylic acids is 1. The van der Waals surface area contributed by atoms with E-state index < -0.39 is 0 Å². The summed E-state index contributed by atoms with van der Waals surface area (Å²) in [7, 11) is 0. The van der Waals surface area contributed by atoms with E-state index in [1.807, 2.05) is 6.92 Å². The topological polar surface area (TPSA) is 87.7 Å². The summed E-state index contributed by atoms with van der Waals surface area (Å²) in [6, 6.07) is 4.98. The fourth-order valence-corrected chi connectivity index (χ4v) is 2.63. The highest BCUT2D eigenvalue weighted by Crippen LogP contribution is 2.14. The first kappa shape index (κ1) is 16.7. The Kier molecular flexibility index (Phi) is 6.14. The van der Waals surface area contributed by atoms with E-state index in [0.29, 0.717) is 11.0 Å². The SMILES string of the molecule is CCCc1cc(=O)[nH]c(SCC(=O)Nc2ccc(Br)cn2)n1. The maximum absolute atomic E-state index is 11.9. The second-order valence-electron chi connectivity index (χ2n) is 4.49. The predicted molar refractivity (Wildman–Crippen MR) is 90.1 cm³/mol. The number of nitrogens with zero attached hydrogens (tertiary/aromatic N) is 2. The first-order valence-electron chi connectivity index (χ1n) is 6.71. The van der Waals surface area contributed by atoms with Gasteiger partial charge in [-0.1, -0.05) is 25.1 Å². The van der Waals surface area contributed by atoms with Gasteiger partial charge in [0, 0.05) is 22.4 Å². The lowest BCUT2D eigenvalue weighted by Crippen LogP contribution is -2.16. The van der Waals surface area contributed by atoms with E-state index in [4.69, 9.17) is 0 Å². The molecule has 2 aromatic rings. The van der Waals surface area contributed by atoms with Gasteiger partial charge in [0.1, 0.15) is 5.82 Å². The smallest absolute Gasteiger partial charge is 0.251 e. The highest BCUT2D eigenvalue weighted by molar-refractivity contribution is 9.10. The number of hydrogen-bond acceptors (Lipinski definition) is 5. The molecule has 0 atom stereocenters. The maximum atomic E-state index is 11.9. The number of aromatic nitrogens is 3. The molecule has 2 N–H and O–H groups in total. The second-order valence-corrected chi connectivity index (χ2v) is 6.37. The molecule has 6 nitrogen and oxygen atoms in total. The van der Waals surface area contributed by atoms with Crippen LogP contribution in [0.1, 0.15) is 19.0 Å². The predicted octanol–water partition coefficient (Wildman–Crippen LogP) is 2.61. The van der Waals surface area contributed by atoms with E-state index in [2.05, 4.69) is 36.2 Å². The number of pyridine rings is 1. The Balaban J connectivity index is 1.93. The van der Waals surface area contributed by atoms with Gasteiger partial charge >= 0.3 is 0 Å². The normalized spacial score (nSPS) is 10.5. The minimum absolute atomic E-state index is 0.149. The number of nitrogens with one attached hydrogen (secondary N) is 2. The molecule has 0 aliphatic carbocycles. The standard InChI is InChI=1S/C14H15BrN4O2S/c1-2-3-10-6-12(20)19-14(17-10)22-8-13(21)18-11-5-4-9(15)7-16-11/h4-7H,2-3,8H2,1H3,(H,16,18,21)(H,17,19,20). The van der Waals surface area contributed by atoms with E-state index in [-0.39, 0.29) is 17.2 Å². The lowest BCUT2D eigenvalue weighted by atomic mass is 10.2. The van der Waals surface area contributed by atoms with Crippen molar-refractivity contribution in [1.29, 1.82) is 0 Å². The van der Waals surface area contributed by atoms with Crippen molar-refractivity contribution in [2.75, 3.05) is 11.1 Å². The van der Waals surface area contributed by atoms with Crippen LogP contribution in [0.4, 0.5) is 5.82 Å². The van der Waals surface area contributed by atoms with Crippen LogP contribution in [0.5, 0.6) is 0 Å². The number of aryl methyl sites for hydroxylation is 1. The molecule has 1 amide bonds. The fourth-order valence-electron chi connectivity index (χ4n) is 1.70. The van der Waals surface area contributed by atoms with Crippen LogP contribution >= 0.6 is 27.7 Å². The van der Waals surface area contributed by atoms with Crippen LogP contribution in [0, 0.1) is 0 Å². The molecule has 0 fully saturated rings. The number of hydrogen-bond donors (Lipinski definition) is 2. The molecule has 8 heteroatoms. The number of halogens is 1. The summed E-state index contributed by atoms with van der Waals surface area (Å²) in [4.78, 5) is 34.4. The molecule has 0 bridgehead atoms. The van der Waals surface area contributed by atoms with Crippen molar-refractivity contribution < 1.29 is 4.79 Å². The highest BCUT2D eigenvalue weighted by Gasteiger charge is 2.07. The molecule has 0 spiro atoms. The summed E-state index contributed by atoms with van der Waals surface area (Å²) in [5.74, 6) is 0.425. The van der Waals surface area contributed by atoms with Crippen LogP contribution in [-0.2, 0) is 11.2 Å². The van der Waals surface area contributed by atoms with Gasteiger partial charge in [-0.3, -0.25) is 9.59 Å². The number of carbonyl (C=O) groups is 1. The van der Waals surface area contributed by atoms with E-state index in [1.54, 1.807) is 18.3 Å². The van der Waals surface area contributed by atoms with Crippen molar-refractivity contribution >= 4 is 39.4 Å². The maximum Gasteiger partial charge on any atom is 0.251 e. The van der Waals surface area contributed by atoms with Crippen molar-refractivity contribution in [1.82, 2.24) is 15.0 Å². The summed E-state index contributed by atoms with van der Waals surface area (Å²) in [6.07, 6.45) is 3.26. The van der Waals surface area contributed by atoms with Crippen LogP contribution in [0.25, 0.3) is 0 Å². The van der Waals surface area contributed by atoms with Crippen LogP contribution in [0.3, 0.4) is 0 Å². The number of rotatable bonds is 6. The van der Waals surface area contributed by atoms with Crippen LogP contribution in [0.15, 0.2) is 38.8 Å². The number of anilines is 1. The quantitative estimate of drug-likeness (QED) is 0.592. The third kappa shape index (κ3) is 5.27. The Labute approximate surface area is 140 Å². The van der Waals surface area contributed by atoms with Gasteiger partial charge in [0.05, 0.1) is 5.75 Å². The second kappa shape index (κ2) is 8.09. The van der Waals surface area contributed by atoms with Crippen molar-refractivity contribution in [3.05, 3.63) is 44.9 Å². The van der Waals surface area contributed by atoms with E-state index in [9.17, 15) is 9.59 Å². The van der Waals surface area contributed by atoms with Gasteiger partial charge in [0.15, 0.2) is 5.16 Å². The lowest BCUT2D eigenvalue weighted by molar-refractivity contribution is -0.113. The first-order chi connectivity index (χ1) is 10.6. The zero-order valence-electron chi connectivity index (χ0n) is 11.9. The van der Waals surface area contributed by atoms with E-state index in [1.165, 1.54) is 17.8 Å². The Morgan fingerprint density at radius 1 is 1.45 bits per heavy atom. The molecule has 2 aromatic heterocycles. The van der Waals surface area contributed by atoms with E-state index >= 15 is 0 Å². The monoisotopic (exact) mass is 382 g/mol. The van der Waals surface area contributed by atoms with Crippen LogP contribution in [-0.4, -0.2) is 26.6 Å². The molecule has 0 saturated heterocycles. The van der Waals surface area contributed by atoms with Gasteiger partial charge in [-0.05, 0) is 34.5 Å². The van der Waals surface area contributed by atoms with Crippen molar-refractivity contribution in [2.45, 2.75) is 24.9 Å². The minimum Gasteiger partial charge on any atom is -0.310 e. The third-order valence-corrected chi connectivity index (χ3v) is 3.96. The molecule has 0 aliphatic heterocycles. The number of aromatic amines is 1. The van der Waals surface area contributed by atoms with Crippen molar-refractivity contribution in [3.8, 4) is 0 Å². The average molecular weight is 383 g/mol. The molecular formula is C14H15BrN4O2S. The van der Waals surface area contributed by atoms with Crippen LogP contribution in [0.2, 0.25) is 0 Å². The third-order valence-electron chi connectivity index (χ3n) is 2.61. The summed E-state index contributed by atoms with van der Waals surface area (Å²) in [5.41, 5.74) is 0.541. The van der Waals surface area contributed by atoms with Gasteiger partial charge in [0.2, 0.25) is 5.91 Å². The molecule has 0 radical (unpaired) electrons. The van der Waals surface area contributed by atoms with E-state index in [0.717, 1.165) is 23.0 Å². The van der Waals surface area contributed by atoms with Crippen LogP contribution < -0.4 is 10.9 Å². The molecule has 0 unspecified atom stereocenters. The first-order valence-corrected chi connectivity index (χ1v) is 8.49.